The predicted molar refractivity (Wildman–Crippen MR) is 60.4 cm³/mol. The van der Waals surface area contributed by atoms with Gasteiger partial charge in [0.2, 0.25) is 0 Å². The van der Waals surface area contributed by atoms with Gasteiger partial charge in [-0.3, -0.25) is 4.57 Å². The van der Waals surface area contributed by atoms with Crippen molar-refractivity contribution in [1.29, 1.82) is 0 Å². The van der Waals surface area contributed by atoms with Crippen molar-refractivity contribution in [2.24, 2.45) is 0 Å². The van der Waals surface area contributed by atoms with E-state index in [1.54, 1.807) is 25.4 Å². The van der Waals surface area contributed by atoms with E-state index in [1.165, 1.54) is 0 Å². The number of nitrogens with zero attached hydrogens (tertiary/aromatic N) is 1. The number of morpholine rings is 1. The lowest BCUT2D eigenvalue weighted by atomic mass is 10.3. The molecular formula is C9H21N2O3P. The lowest BCUT2D eigenvalue weighted by Gasteiger charge is -2.30. The molecule has 1 heterocycles. The van der Waals surface area contributed by atoms with E-state index in [9.17, 15) is 4.57 Å². The number of ether oxygens (including phenoxy) is 1. The highest BCUT2D eigenvalue weighted by Gasteiger charge is 2.24. The fraction of sp³-hybridized carbons (Fsp3) is 1.00. The fourth-order valence-corrected chi connectivity index (χ4v) is 1.98. The van der Waals surface area contributed by atoms with Crippen molar-refractivity contribution in [2.45, 2.75) is 19.1 Å². The molecule has 6 heteroatoms. The molecule has 1 rings (SSSR count). The molecule has 1 aliphatic rings. The Morgan fingerprint density at radius 1 is 1.53 bits per heavy atom. The van der Waals surface area contributed by atoms with Crippen LogP contribution in [0.3, 0.4) is 0 Å². The molecule has 0 aromatic carbocycles. The Balaban J connectivity index is 2.33. The second-order valence-electron chi connectivity index (χ2n) is 4.17. The van der Waals surface area contributed by atoms with Gasteiger partial charge in [-0.2, -0.15) is 0 Å². The molecule has 0 aliphatic carbocycles. The van der Waals surface area contributed by atoms with Crippen molar-refractivity contribution in [2.75, 3.05) is 40.5 Å². The standard InChI is InChI=1S/C9H21N2O3P/c1-8-5-10-6-9(14-8)7-13-15(4,12)11(2)3/h8-10H,5-7H2,1-4H3/t8-,9-,15+/m0/s1. The van der Waals surface area contributed by atoms with Crippen LogP contribution in [0.25, 0.3) is 0 Å². The highest BCUT2D eigenvalue weighted by Crippen LogP contribution is 2.44. The van der Waals surface area contributed by atoms with E-state index in [0.29, 0.717) is 6.61 Å². The topological polar surface area (TPSA) is 50.8 Å². The van der Waals surface area contributed by atoms with Crippen LogP contribution >= 0.6 is 7.52 Å². The SMILES string of the molecule is C[C@H]1CNC[C@@H](CO[P@@](C)(=O)N(C)C)O1. The molecule has 0 spiro atoms. The highest BCUT2D eigenvalue weighted by molar-refractivity contribution is 7.55. The molecule has 90 valence electrons. The van der Waals surface area contributed by atoms with Crippen molar-refractivity contribution >= 4 is 7.52 Å². The van der Waals surface area contributed by atoms with E-state index >= 15 is 0 Å². The Morgan fingerprint density at radius 2 is 2.20 bits per heavy atom. The Labute approximate surface area is 91.6 Å². The van der Waals surface area contributed by atoms with Crippen LogP contribution in [0.2, 0.25) is 0 Å². The average molecular weight is 236 g/mol. The van der Waals surface area contributed by atoms with Crippen LogP contribution in [-0.4, -0.2) is 57.3 Å². The quantitative estimate of drug-likeness (QED) is 0.730. The summed E-state index contributed by atoms with van der Waals surface area (Å²) in [4.78, 5) is 0. The van der Waals surface area contributed by atoms with Gasteiger partial charge in [-0.05, 0) is 21.0 Å². The molecule has 0 unspecified atom stereocenters. The van der Waals surface area contributed by atoms with Gasteiger partial charge in [-0.1, -0.05) is 0 Å². The van der Waals surface area contributed by atoms with Crippen molar-refractivity contribution in [3.05, 3.63) is 0 Å². The molecule has 0 aromatic heterocycles. The molecule has 3 atom stereocenters. The maximum Gasteiger partial charge on any atom is 0.268 e. The van der Waals surface area contributed by atoms with Crippen molar-refractivity contribution in [3.8, 4) is 0 Å². The molecule has 5 nitrogen and oxygen atoms in total. The van der Waals surface area contributed by atoms with Crippen LogP contribution in [0.1, 0.15) is 6.92 Å². The smallest absolute Gasteiger partial charge is 0.268 e. The third kappa shape index (κ3) is 4.21. The zero-order valence-electron chi connectivity index (χ0n) is 9.90. The van der Waals surface area contributed by atoms with Gasteiger partial charge in [-0.25, -0.2) is 4.67 Å². The second-order valence-corrected chi connectivity index (χ2v) is 6.84. The van der Waals surface area contributed by atoms with E-state index in [4.69, 9.17) is 9.26 Å². The molecule has 1 saturated heterocycles. The summed E-state index contributed by atoms with van der Waals surface area (Å²) in [6.07, 6.45) is 0.199. The summed E-state index contributed by atoms with van der Waals surface area (Å²) in [6, 6.07) is 0. The highest BCUT2D eigenvalue weighted by atomic mass is 31.2. The molecule has 1 fully saturated rings. The molecule has 0 bridgehead atoms. The van der Waals surface area contributed by atoms with Gasteiger partial charge >= 0.3 is 0 Å². The Morgan fingerprint density at radius 3 is 2.73 bits per heavy atom. The summed E-state index contributed by atoms with van der Waals surface area (Å²) in [7, 11) is 0.881. The summed E-state index contributed by atoms with van der Waals surface area (Å²) < 4.78 is 24.5. The van der Waals surface area contributed by atoms with E-state index in [-0.39, 0.29) is 12.2 Å². The first-order chi connectivity index (χ1) is 6.92. The van der Waals surface area contributed by atoms with Crippen LogP contribution in [0.5, 0.6) is 0 Å². The zero-order valence-corrected chi connectivity index (χ0v) is 10.8. The van der Waals surface area contributed by atoms with Crippen LogP contribution in [-0.2, 0) is 13.8 Å². The largest absolute Gasteiger partial charge is 0.370 e. The van der Waals surface area contributed by atoms with Crippen LogP contribution in [0, 0.1) is 0 Å². The van der Waals surface area contributed by atoms with Crippen molar-refractivity contribution in [1.82, 2.24) is 9.99 Å². The molecule has 0 radical (unpaired) electrons. The first-order valence-electron chi connectivity index (χ1n) is 5.18. The number of rotatable bonds is 4. The van der Waals surface area contributed by atoms with Gasteiger partial charge < -0.3 is 14.6 Å². The second kappa shape index (κ2) is 5.41. The summed E-state index contributed by atoms with van der Waals surface area (Å²) in [5.74, 6) is 0. The van der Waals surface area contributed by atoms with Gasteiger partial charge in [0.15, 0.2) is 0 Å². The van der Waals surface area contributed by atoms with Crippen LogP contribution < -0.4 is 5.32 Å². The lowest BCUT2D eigenvalue weighted by molar-refractivity contribution is -0.0474. The number of hydrogen-bond donors (Lipinski definition) is 1. The van der Waals surface area contributed by atoms with E-state index in [2.05, 4.69) is 5.32 Å². The maximum absolute atomic E-state index is 11.9. The average Bonchev–Trinajstić information content (AvgIpc) is 2.15. The van der Waals surface area contributed by atoms with Gasteiger partial charge in [0, 0.05) is 19.8 Å². The minimum atomic E-state index is -2.63. The molecule has 0 saturated carbocycles. The third-order valence-electron chi connectivity index (χ3n) is 2.46. The minimum Gasteiger partial charge on any atom is -0.370 e. The van der Waals surface area contributed by atoms with Crippen LogP contribution in [0.15, 0.2) is 0 Å². The van der Waals surface area contributed by atoms with Gasteiger partial charge in [-0.15, -0.1) is 0 Å². The lowest BCUT2D eigenvalue weighted by Crippen LogP contribution is -2.45. The zero-order chi connectivity index (χ0) is 11.5. The normalized spacial score (nSPS) is 31.5. The summed E-state index contributed by atoms with van der Waals surface area (Å²) >= 11 is 0. The molecule has 0 amide bonds. The third-order valence-corrected chi connectivity index (χ3v) is 4.54. The first kappa shape index (κ1) is 13.1. The number of hydrogen-bond acceptors (Lipinski definition) is 4. The summed E-state index contributed by atoms with van der Waals surface area (Å²) in [5, 5.41) is 3.24. The van der Waals surface area contributed by atoms with Crippen molar-refractivity contribution in [3.63, 3.8) is 0 Å². The first-order valence-corrected chi connectivity index (χ1v) is 7.20. The predicted octanol–water partition coefficient (Wildman–Crippen LogP) is 0.764. The van der Waals surface area contributed by atoms with Gasteiger partial charge in [0.1, 0.15) is 0 Å². The van der Waals surface area contributed by atoms with E-state index < -0.39 is 7.52 Å². The number of nitrogens with one attached hydrogen (secondary N) is 1. The Hall–Kier alpha value is 0.0700. The van der Waals surface area contributed by atoms with E-state index in [0.717, 1.165) is 13.1 Å². The fourth-order valence-electron chi connectivity index (χ4n) is 1.31. The van der Waals surface area contributed by atoms with E-state index in [1.807, 2.05) is 6.92 Å². The minimum absolute atomic E-state index is 0.00183. The molecular weight excluding hydrogens is 215 g/mol. The molecule has 0 aromatic rings. The molecule has 1 N–H and O–H groups in total. The van der Waals surface area contributed by atoms with Crippen molar-refractivity contribution < 1.29 is 13.8 Å². The Bertz CT molecular complexity index is 248. The maximum atomic E-state index is 11.9. The Kier molecular flexibility index (Phi) is 4.74. The monoisotopic (exact) mass is 236 g/mol. The molecule has 1 aliphatic heterocycles. The van der Waals surface area contributed by atoms with Crippen LogP contribution in [0.4, 0.5) is 0 Å². The van der Waals surface area contributed by atoms with Gasteiger partial charge in [0.05, 0.1) is 18.8 Å². The summed E-state index contributed by atoms with van der Waals surface area (Å²) in [5.41, 5.74) is 0. The van der Waals surface area contributed by atoms with Gasteiger partial charge in [0.25, 0.3) is 7.52 Å². The summed E-state index contributed by atoms with van der Waals surface area (Å²) in [6.45, 7) is 5.64. The molecule has 15 heavy (non-hydrogen) atoms.